The van der Waals surface area contributed by atoms with Gasteiger partial charge >= 0.3 is 5.97 Å². The molecule has 1 N–H and O–H groups in total. The fourth-order valence-corrected chi connectivity index (χ4v) is 4.81. The predicted octanol–water partition coefficient (Wildman–Crippen LogP) is 3.82. The van der Waals surface area contributed by atoms with Crippen LogP contribution in [-0.4, -0.2) is 23.5 Å². The molecule has 0 aliphatic heterocycles. The van der Waals surface area contributed by atoms with Gasteiger partial charge in [-0.2, -0.15) is 5.26 Å². The van der Waals surface area contributed by atoms with Crippen LogP contribution in [0, 0.1) is 17.2 Å². The molecular weight excluding hydrogens is 374 g/mol. The molecule has 6 nitrogen and oxygen atoms in total. The monoisotopic (exact) mass is 397 g/mol. The van der Waals surface area contributed by atoms with Crippen LogP contribution in [0.25, 0.3) is 0 Å². The third-order valence-corrected chi connectivity index (χ3v) is 6.17. The van der Waals surface area contributed by atoms with E-state index in [0.29, 0.717) is 23.6 Å². The minimum atomic E-state index is -0.273. The summed E-state index contributed by atoms with van der Waals surface area (Å²) in [6.45, 7) is 3.80. The van der Waals surface area contributed by atoms with Gasteiger partial charge in [-0.3, -0.25) is 14.6 Å². The summed E-state index contributed by atoms with van der Waals surface area (Å²) < 4.78 is 5.14. The first-order valence-corrected chi connectivity index (χ1v) is 10.2. The average Bonchev–Trinajstić information content (AvgIpc) is 3.02. The predicted molar refractivity (Wildman–Crippen MR) is 107 cm³/mol. The van der Waals surface area contributed by atoms with E-state index in [-0.39, 0.29) is 23.7 Å². The number of aromatic nitrogens is 1. The van der Waals surface area contributed by atoms with Crippen molar-refractivity contribution in [1.29, 1.82) is 5.26 Å². The van der Waals surface area contributed by atoms with E-state index in [9.17, 15) is 14.9 Å². The third kappa shape index (κ3) is 4.76. The fraction of sp³-hybridized carbons (Fsp3) is 0.429. The van der Waals surface area contributed by atoms with Crippen LogP contribution in [-0.2, 0) is 27.2 Å². The van der Waals surface area contributed by atoms with Gasteiger partial charge in [-0.1, -0.05) is 13.0 Å². The zero-order valence-electron chi connectivity index (χ0n) is 16.0. The molecule has 0 fully saturated rings. The second-order valence-corrected chi connectivity index (χ2v) is 8.28. The minimum absolute atomic E-state index is 0.0435. The van der Waals surface area contributed by atoms with Crippen LogP contribution in [0.2, 0.25) is 0 Å². The molecular formula is C21H23N3O3S. The van der Waals surface area contributed by atoms with Crippen molar-refractivity contribution in [2.75, 3.05) is 11.9 Å². The van der Waals surface area contributed by atoms with E-state index < -0.39 is 0 Å². The second kappa shape index (κ2) is 8.98. The lowest BCUT2D eigenvalue weighted by atomic mass is 9.88. The highest BCUT2D eigenvalue weighted by Gasteiger charge is 2.27. The highest BCUT2D eigenvalue weighted by molar-refractivity contribution is 7.16. The Morgan fingerprint density at radius 2 is 2.32 bits per heavy atom. The van der Waals surface area contributed by atoms with Crippen LogP contribution in [0.1, 0.15) is 54.2 Å². The van der Waals surface area contributed by atoms with E-state index in [0.717, 1.165) is 35.3 Å². The Hall–Kier alpha value is -2.72. The maximum atomic E-state index is 12.5. The molecule has 1 aliphatic rings. The minimum Gasteiger partial charge on any atom is -0.466 e. The Balaban J connectivity index is 1.67. The number of nitriles is 1. The van der Waals surface area contributed by atoms with E-state index in [4.69, 9.17) is 4.74 Å². The van der Waals surface area contributed by atoms with Crippen molar-refractivity contribution in [3.8, 4) is 6.07 Å². The van der Waals surface area contributed by atoms with Gasteiger partial charge in [-0.25, -0.2) is 0 Å². The molecule has 2 atom stereocenters. The molecule has 0 saturated heterocycles. The Morgan fingerprint density at radius 3 is 3.00 bits per heavy atom. The van der Waals surface area contributed by atoms with Gasteiger partial charge in [0.2, 0.25) is 5.91 Å². The maximum Gasteiger partial charge on any atom is 0.302 e. The van der Waals surface area contributed by atoms with Gasteiger partial charge in [0.1, 0.15) is 11.1 Å². The molecule has 2 unspecified atom stereocenters. The number of pyridine rings is 1. The molecule has 2 heterocycles. The van der Waals surface area contributed by atoms with E-state index in [1.54, 1.807) is 12.4 Å². The van der Waals surface area contributed by atoms with Gasteiger partial charge in [0.15, 0.2) is 0 Å². The van der Waals surface area contributed by atoms with Crippen LogP contribution in [0.5, 0.6) is 0 Å². The van der Waals surface area contributed by atoms with Crippen LogP contribution < -0.4 is 5.32 Å². The summed E-state index contributed by atoms with van der Waals surface area (Å²) in [5, 5.41) is 13.2. The molecule has 0 spiro atoms. The molecule has 0 radical (unpaired) electrons. The van der Waals surface area contributed by atoms with Crippen molar-refractivity contribution in [2.45, 2.75) is 45.4 Å². The van der Waals surface area contributed by atoms with E-state index in [1.807, 2.05) is 19.1 Å². The van der Waals surface area contributed by atoms with Crippen molar-refractivity contribution in [2.24, 2.45) is 5.92 Å². The fourth-order valence-electron chi connectivity index (χ4n) is 3.48. The van der Waals surface area contributed by atoms with Crippen LogP contribution in [0.4, 0.5) is 5.00 Å². The Morgan fingerprint density at radius 1 is 1.50 bits per heavy atom. The third-order valence-electron chi connectivity index (χ3n) is 5.00. The molecule has 1 aliphatic carbocycles. The quantitative estimate of drug-likeness (QED) is 0.748. The second-order valence-electron chi connectivity index (χ2n) is 7.17. The Kier molecular flexibility index (Phi) is 6.42. The molecule has 0 saturated carbocycles. The zero-order chi connectivity index (χ0) is 20.1. The summed E-state index contributed by atoms with van der Waals surface area (Å²) in [6.07, 6.45) is 6.21. The lowest BCUT2D eigenvalue weighted by Gasteiger charge is -2.21. The number of esters is 1. The van der Waals surface area contributed by atoms with Crippen molar-refractivity contribution >= 4 is 28.2 Å². The highest BCUT2D eigenvalue weighted by atomic mass is 32.1. The summed E-state index contributed by atoms with van der Waals surface area (Å²) in [5.41, 5.74) is 2.62. The first-order valence-electron chi connectivity index (χ1n) is 9.35. The van der Waals surface area contributed by atoms with Gasteiger partial charge < -0.3 is 10.1 Å². The number of thiophene rings is 1. The van der Waals surface area contributed by atoms with Crippen molar-refractivity contribution in [3.05, 3.63) is 46.1 Å². The molecule has 0 bridgehead atoms. The Labute approximate surface area is 168 Å². The Bertz CT molecular complexity index is 902. The molecule has 1 amide bonds. The van der Waals surface area contributed by atoms with Crippen LogP contribution >= 0.6 is 11.3 Å². The van der Waals surface area contributed by atoms with E-state index in [1.165, 1.54) is 18.3 Å². The van der Waals surface area contributed by atoms with Crippen LogP contribution in [0.3, 0.4) is 0 Å². The summed E-state index contributed by atoms with van der Waals surface area (Å²) in [7, 11) is 0. The summed E-state index contributed by atoms with van der Waals surface area (Å²) in [4.78, 5) is 28.8. The molecule has 3 rings (SSSR count). The van der Waals surface area contributed by atoms with Crippen molar-refractivity contribution < 1.29 is 14.3 Å². The van der Waals surface area contributed by atoms with Gasteiger partial charge in [-0.15, -0.1) is 11.3 Å². The SMILES string of the molecule is CC(=O)OCC1CCc2c(sc(NC(=O)CC(C)c3cccnc3)c2C#N)C1. The number of hydrogen-bond donors (Lipinski definition) is 1. The normalized spacial score (nSPS) is 16.5. The number of rotatable bonds is 6. The molecule has 0 aromatic carbocycles. The van der Waals surface area contributed by atoms with Gasteiger partial charge in [-0.05, 0) is 48.3 Å². The summed E-state index contributed by atoms with van der Waals surface area (Å²) in [5.74, 6) is -0.0778. The topological polar surface area (TPSA) is 92.1 Å². The number of carbonyl (C=O) groups is 2. The molecule has 2 aromatic heterocycles. The van der Waals surface area contributed by atoms with Gasteiger partial charge in [0.05, 0.1) is 12.2 Å². The highest BCUT2D eigenvalue weighted by Crippen LogP contribution is 2.39. The first-order chi connectivity index (χ1) is 13.5. The number of carbonyl (C=O) groups excluding carboxylic acids is 2. The smallest absolute Gasteiger partial charge is 0.302 e. The maximum absolute atomic E-state index is 12.5. The standard InChI is InChI=1S/C21H23N3O3S/c1-13(16-4-3-7-23-11-16)8-20(26)24-21-18(10-22)17-6-5-15(9-19(17)28-21)12-27-14(2)25/h3-4,7,11,13,15H,5-6,8-9,12H2,1-2H3,(H,24,26). The molecule has 7 heteroatoms. The summed E-state index contributed by atoms with van der Waals surface area (Å²) >= 11 is 1.47. The zero-order valence-corrected chi connectivity index (χ0v) is 16.8. The number of nitrogens with zero attached hydrogens (tertiary/aromatic N) is 2. The molecule has 2 aromatic rings. The van der Waals surface area contributed by atoms with Crippen molar-refractivity contribution in [1.82, 2.24) is 4.98 Å². The average molecular weight is 398 g/mol. The largest absolute Gasteiger partial charge is 0.466 e. The number of nitrogens with one attached hydrogen (secondary N) is 1. The summed E-state index contributed by atoms with van der Waals surface area (Å²) in [6, 6.07) is 6.07. The first kappa shape index (κ1) is 20.0. The number of amides is 1. The van der Waals surface area contributed by atoms with E-state index in [2.05, 4.69) is 16.4 Å². The number of anilines is 1. The number of hydrogen-bond acceptors (Lipinski definition) is 6. The van der Waals surface area contributed by atoms with E-state index >= 15 is 0 Å². The van der Waals surface area contributed by atoms with Crippen molar-refractivity contribution in [3.63, 3.8) is 0 Å². The lowest BCUT2D eigenvalue weighted by Crippen LogP contribution is -2.19. The van der Waals surface area contributed by atoms with Crippen LogP contribution in [0.15, 0.2) is 24.5 Å². The molecule has 28 heavy (non-hydrogen) atoms. The number of ether oxygens (including phenoxy) is 1. The number of fused-ring (bicyclic) bond motifs is 1. The van der Waals surface area contributed by atoms with Gasteiger partial charge in [0, 0.05) is 30.6 Å². The molecule has 146 valence electrons. The lowest BCUT2D eigenvalue weighted by molar-refractivity contribution is -0.142. The van der Waals surface area contributed by atoms with Gasteiger partial charge in [0.25, 0.3) is 0 Å².